The van der Waals surface area contributed by atoms with E-state index in [-0.39, 0.29) is 6.04 Å². The Bertz CT molecular complexity index is 583. The normalized spacial score (nSPS) is 19.6. The number of hydrogen-bond acceptors (Lipinski definition) is 3. The first-order valence-electron chi connectivity index (χ1n) is 7.02. The van der Waals surface area contributed by atoms with E-state index in [1.54, 1.807) is 6.20 Å². The number of benzene rings is 1. The van der Waals surface area contributed by atoms with Gasteiger partial charge in [-0.3, -0.25) is 9.88 Å². The summed E-state index contributed by atoms with van der Waals surface area (Å²) < 4.78 is 26.6. The molecule has 0 bridgehead atoms. The Kier molecular flexibility index (Phi) is 4.22. The van der Waals surface area contributed by atoms with Crippen LogP contribution >= 0.6 is 0 Å². The molecule has 0 radical (unpaired) electrons. The van der Waals surface area contributed by atoms with Crippen molar-refractivity contribution >= 4 is 0 Å². The SMILES string of the molecule is Fc1cc(F)cc(CN2CCNCC2c2cccnc2)c1. The summed E-state index contributed by atoms with van der Waals surface area (Å²) in [6, 6.07) is 7.79. The van der Waals surface area contributed by atoms with Crippen molar-refractivity contribution in [3.63, 3.8) is 0 Å². The number of aromatic nitrogens is 1. The quantitative estimate of drug-likeness (QED) is 0.941. The molecule has 1 aromatic heterocycles. The molecule has 2 heterocycles. The molecule has 1 N–H and O–H groups in total. The first-order valence-corrected chi connectivity index (χ1v) is 7.02. The fraction of sp³-hybridized carbons (Fsp3) is 0.312. The van der Waals surface area contributed by atoms with Gasteiger partial charge >= 0.3 is 0 Å². The second-order valence-corrected chi connectivity index (χ2v) is 5.25. The van der Waals surface area contributed by atoms with Crippen molar-refractivity contribution in [2.75, 3.05) is 19.6 Å². The summed E-state index contributed by atoms with van der Waals surface area (Å²) in [5.41, 5.74) is 1.77. The van der Waals surface area contributed by atoms with E-state index in [4.69, 9.17) is 0 Å². The van der Waals surface area contributed by atoms with E-state index >= 15 is 0 Å². The van der Waals surface area contributed by atoms with Gasteiger partial charge in [-0.25, -0.2) is 8.78 Å². The van der Waals surface area contributed by atoms with Gasteiger partial charge in [0, 0.05) is 50.7 Å². The Morgan fingerprint density at radius 2 is 2.05 bits per heavy atom. The van der Waals surface area contributed by atoms with Crippen LogP contribution in [0.15, 0.2) is 42.7 Å². The summed E-state index contributed by atoms with van der Waals surface area (Å²) in [6.45, 7) is 3.03. The molecule has 1 aliphatic heterocycles. The standard InChI is InChI=1S/C16H17F2N3/c17-14-6-12(7-15(18)8-14)11-21-5-4-20-10-16(21)13-2-1-3-19-9-13/h1-3,6-9,16,20H,4-5,10-11H2. The van der Waals surface area contributed by atoms with Gasteiger partial charge < -0.3 is 5.32 Å². The van der Waals surface area contributed by atoms with Gasteiger partial charge in [0.05, 0.1) is 0 Å². The summed E-state index contributed by atoms with van der Waals surface area (Å²) in [6.07, 6.45) is 3.59. The van der Waals surface area contributed by atoms with Gasteiger partial charge in [-0.1, -0.05) is 6.07 Å². The molecule has 1 unspecified atom stereocenters. The van der Waals surface area contributed by atoms with Crippen LogP contribution in [0.3, 0.4) is 0 Å². The second-order valence-electron chi connectivity index (χ2n) is 5.25. The summed E-state index contributed by atoms with van der Waals surface area (Å²) in [5, 5.41) is 3.35. The number of nitrogens with one attached hydrogen (secondary N) is 1. The molecule has 0 aliphatic carbocycles. The molecular formula is C16H17F2N3. The first kappa shape index (κ1) is 14.1. The van der Waals surface area contributed by atoms with Crippen LogP contribution in [-0.2, 0) is 6.54 Å². The van der Waals surface area contributed by atoms with E-state index in [0.717, 1.165) is 31.3 Å². The molecule has 0 amide bonds. The molecule has 0 saturated carbocycles. The van der Waals surface area contributed by atoms with Gasteiger partial charge in [0.25, 0.3) is 0 Å². The van der Waals surface area contributed by atoms with Crippen LogP contribution in [0.4, 0.5) is 8.78 Å². The molecule has 1 saturated heterocycles. The maximum Gasteiger partial charge on any atom is 0.126 e. The molecule has 1 aliphatic rings. The zero-order valence-corrected chi connectivity index (χ0v) is 11.6. The minimum absolute atomic E-state index is 0.166. The van der Waals surface area contributed by atoms with E-state index in [1.807, 2.05) is 18.3 Å². The summed E-state index contributed by atoms with van der Waals surface area (Å²) in [4.78, 5) is 6.38. The zero-order valence-electron chi connectivity index (χ0n) is 11.6. The molecule has 1 atom stereocenters. The third-order valence-corrected chi connectivity index (χ3v) is 3.73. The fourth-order valence-electron chi connectivity index (χ4n) is 2.77. The number of rotatable bonds is 3. The molecule has 2 aromatic rings. The van der Waals surface area contributed by atoms with Gasteiger partial charge in [0.2, 0.25) is 0 Å². The van der Waals surface area contributed by atoms with Crippen LogP contribution in [0.1, 0.15) is 17.2 Å². The van der Waals surface area contributed by atoms with Crippen molar-refractivity contribution in [1.29, 1.82) is 0 Å². The topological polar surface area (TPSA) is 28.2 Å². The smallest absolute Gasteiger partial charge is 0.126 e. The number of piperazine rings is 1. The highest BCUT2D eigenvalue weighted by Gasteiger charge is 2.24. The lowest BCUT2D eigenvalue weighted by Gasteiger charge is -2.36. The van der Waals surface area contributed by atoms with E-state index in [0.29, 0.717) is 12.1 Å². The number of pyridine rings is 1. The zero-order chi connectivity index (χ0) is 14.7. The Morgan fingerprint density at radius 1 is 1.24 bits per heavy atom. The molecule has 3 nitrogen and oxygen atoms in total. The van der Waals surface area contributed by atoms with Crippen LogP contribution in [0.25, 0.3) is 0 Å². The van der Waals surface area contributed by atoms with E-state index in [1.165, 1.54) is 12.1 Å². The first-order chi connectivity index (χ1) is 10.2. The van der Waals surface area contributed by atoms with Crippen molar-refractivity contribution < 1.29 is 8.78 Å². The summed E-state index contributed by atoms with van der Waals surface area (Å²) in [5.74, 6) is -1.06. The van der Waals surface area contributed by atoms with Crippen molar-refractivity contribution in [2.45, 2.75) is 12.6 Å². The van der Waals surface area contributed by atoms with E-state index < -0.39 is 11.6 Å². The molecule has 21 heavy (non-hydrogen) atoms. The molecule has 110 valence electrons. The largest absolute Gasteiger partial charge is 0.314 e. The molecule has 0 spiro atoms. The Labute approximate surface area is 122 Å². The average Bonchev–Trinajstić information content (AvgIpc) is 2.48. The minimum atomic E-state index is -0.530. The Balaban J connectivity index is 1.81. The number of hydrogen-bond donors (Lipinski definition) is 1. The third-order valence-electron chi connectivity index (χ3n) is 3.73. The second kappa shape index (κ2) is 6.28. The van der Waals surface area contributed by atoms with Gasteiger partial charge in [-0.2, -0.15) is 0 Å². The molecule has 1 aromatic carbocycles. The third kappa shape index (κ3) is 3.43. The number of nitrogens with zero attached hydrogens (tertiary/aromatic N) is 2. The predicted molar refractivity (Wildman–Crippen MR) is 76.6 cm³/mol. The molecule has 3 rings (SSSR count). The van der Waals surface area contributed by atoms with Crippen LogP contribution in [-0.4, -0.2) is 29.5 Å². The minimum Gasteiger partial charge on any atom is -0.314 e. The molecule has 5 heteroatoms. The van der Waals surface area contributed by atoms with Gasteiger partial charge in [-0.15, -0.1) is 0 Å². The van der Waals surface area contributed by atoms with Crippen LogP contribution < -0.4 is 5.32 Å². The maximum absolute atomic E-state index is 13.3. The van der Waals surface area contributed by atoms with Gasteiger partial charge in [0.1, 0.15) is 11.6 Å². The van der Waals surface area contributed by atoms with Crippen LogP contribution in [0.2, 0.25) is 0 Å². The van der Waals surface area contributed by atoms with Crippen LogP contribution in [0, 0.1) is 11.6 Å². The summed E-state index contributed by atoms with van der Waals surface area (Å²) in [7, 11) is 0. The summed E-state index contributed by atoms with van der Waals surface area (Å²) >= 11 is 0. The molecule has 1 fully saturated rings. The lowest BCUT2D eigenvalue weighted by atomic mass is 10.0. The lowest BCUT2D eigenvalue weighted by Crippen LogP contribution is -2.45. The van der Waals surface area contributed by atoms with E-state index in [2.05, 4.69) is 15.2 Å². The molecular weight excluding hydrogens is 272 g/mol. The Morgan fingerprint density at radius 3 is 2.76 bits per heavy atom. The maximum atomic E-state index is 13.3. The van der Waals surface area contributed by atoms with Gasteiger partial charge in [-0.05, 0) is 29.3 Å². The fourth-order valence-corrected chi connectivity index (χ4v) is 2.77. The number of halogens is 2. The lowest BCUT2D eigenvalue weighted by molar-refractivity contribution is 0.153. The highest BCUT2D eigenvalue weighted by atomic mass is 19.1. The highest BCUT2D eigenvalue weighted by Crippen LogP contribution is 2.24. The van der Waals surface area contributed by atoms with Crippen LogP contribution in [0.5, 0.6) is 0 Å². The highest BCUT2D eigenvalue weighted by molar-refractivity contribution is 5.20. The van der Waals surface area contributed by atoms with Crippen molar-refractivity contribution in [3.8, 4) is 0 Å². The van der Waals surface area contributed by atoms with Gasteiger partial charge in [0.15, 0.2) is 0 Å². The predicted octanol–water partition coefficient (Wildman–Crippen LogP) is 2.51. The van der Waals surface area contributed by atoms with Crippen molar-refractivity contribution in [3.05, 3.63) is 65.5 Å². The average molecular weight is 289 g/mol. The van der Waals surface area contributed by atoms with E-state index in [9.17, 15) is 8.78 Å². The monoisotopic (exact) mass is 289 g/mol. The van der Waals surface area contributed by atoms with Crippen molar-refractivity contribution in [1.82, 2.24) is 15.2 Å². The van der Waals surface area contributed by atoms with Crippen molar-refractivity contribution in [2.24, 2.45) is 0 Å². The Hall–Kier alpha value is -1.85.